The van der Waals surface area contributed by atoms with Crippen LogP contribution >= 0.6 is 20.5 Å². The van der Waals surface area contributed by atoms with Crippen molar-refractivity contribution in [2.75, 3.05) is 12.4 Å². The SMILES string of the molecule is NC(COP(=O)(O)O)C(=O)O.NC(CS)C(=O)O. The van der Waals surface area contributed by atoms with E-state index in [-0.39, 0.29) is 5.75 Å². The van der Waals surface area contributed by atoms with Crippen LogP contribution < -0.4 is 11.5 Å². The predicted octanol–water partition coefficient (Wildman–Crippen LogP) is -2.16. The van der Waals surface area contributed by atoms with Gasteiger partial charge in [0.2, 0.25) is 0 Å². The van der Waals surface area contributed by atoms with E-state index in [0.717, 1.165) is 0 Å². The smallest absolute Gasteiger partial charge is 0.469 e. The molecule has 0 spiro atoms. The molecule has 0 fully saturated rings. The molecule has 8 N–H and O–H groups in total. The molecule has 0 aromatic carbocycles. The van der Waals surface area contributed by atoms with Gasteiger partial charge in [0.25, 0.3) is 0 Å². The maximum absolute atomic E-state index is 9.98. The third-order valence-electron chi connectivity index (χ3n) is 1.25. The molecule has 2 unspecified atom stereocenters. The van der Waals surface area contributed by atoms with Crippen molar-refractivity contribution in [3.63, 3.8) is 0 Å². The lowest BCUT2D eigenvalue weighted by Gasteiger charge is -2.07. The topological polar surface area (TPSA) is 193 Å². The molecule has 2 atom stereocenters. The van der Waals surface area contributed by atoms with Crippen molar-refractivity contribution in [1.82, 2.24) is 0 Å². The predicted molar refractivity (Wildman–Crippen MR) is 63.1 cm³/mol. The van der Waals surface area contributed by atoms with Crippen LogP contribution in [0.5, 0.6) is 0 Å². The number of phosphoric acid groups is 1. The average Bonchev–Trinajstić information content (AvgIpc) is 2.24. The number of carbonyl (C=O) groups is 2. The Hall–Kier alpha value is -0.680. The van der Waals surface area contributed by atoms with Gasteiger partial charge in [-0.05, 0) is 0 Å². The number of hydrogen-bond donors (Lipinski definition) is 7. The highest BCUT2D eigenvalue weighted by Crippen LogP contribution is 2.35. The van der Waals surface area contributed by atoms with Gasteiger partial charge in [-0.25, -0.2) is 4.57 Å². The molecule has 0 aromatic rings. The Labute approximate surface area is 108 Å². The lowest BCUT2D eigenvalue weighted by molar-refractivity contribution is -0.139. The highest BCUT2D eigenvalue weighted by atomic mass is 32.1. The van der Waals surface area contributed by atoms with E-state index in [1.807, 2.05) is 0 Å². The van der Waals surface area contributed by atoms with Crippen molar-refractivity contribution in [3.05, 3.63) is 0 Å². The molecule has 12 heteroatoms. The molecule has 0 bridgehead atoms. The Balaban J connectivity index is 0. The molecule has 0 aromatic heterocycles. The number of nitrogens with two attached hydrogens (primary N) is 2. The minimum Gasteiger partial charge on any atom is -0.480 e. The number of phosphoric ester groups is 1. The molecule has 10 nitrogen and oxygen atoms in total. The Bertz CT molecular complexity index is 321. The molecule has 0 amide bonds. The number of carboxylic acid groups (broad SMARTS) is 2. The van der Waals surface area contributed by atoms with Gasteiger partial charge in [-0.1, -0.05) is 0 Å². The van der Waals surface area contributed by atoms with E-state index in [4.69, 9.17) is 31.5 Å². The number of carboxylic acids is 2. The molecule has 0 rings (SSSR count). The van der Waals surface area contributed by atoms with Crippen molar-refractivity contribution in [2.24, 2.45) is 11.5 Å². The molecular weight excluding hydrogens is 291 g/mol. The second kappa shape index (κ2) is 9.28. The highest BCUT2D eigenvalue weighted by Gasteiger charge is 2.19. The van der Waals surface area contributed by atoms with Gasteiger partial charge >= 0.3 is 19.8 Å². The molecule has 18 heavy (non-hydrogen) atoms. The minimum absolute atomic E-state index is 0.190. The van der Waals surface area contributed by atoms with Crippen LogP contribution in [0.2, 0.25) is 0 Å². The first-order chi connectivity index (χ1) is 8.01. The van der Waals surface area contributed by atoms with Gasteiger partial charge < -0.3 is 31.5 Å². The first kappa shape index (κ1) is 19.7. The summed E-state index contributed by atoms with van der Waals surface area (Å²) in [6, 6.07) is -2.23. The van der Waals surface area contributed by atoms with Crippen LogP contribution in [0.4, 0.5) is 0 Å². The number of aliphatic carboxylic acids is 2. The fourth-order valence-electron chi connectivity index (χ4n) is 0.327. The summed E-state index contributed by atoms with van der Waals surface area (Å²) in [6.45, 7) is -0.709. The highest BCUT2D eigenvalue weighted by molar-refractivity contribution is 7.80. The zero-order valence-corrected chi connectivity index (χ0v) is 10.8. The van der Waals surface area contributed by atoms with E-state index in [1.54, 1.807) is 0 Å². The normalized spacial score (nSPS) is 14.1. The summed E-state index contributed by atoms with van der Waals surface area (Å²) in [7, 11) is -4.60. The zero-order valence-electron chi connectivity index (χ0n) is 9.04. The fourth-order valence-corrected chi connectivity index (χ4v) is 0.838. The van der Waals surface area contributed by atoms with E-state index >= 15 is 0 Å². The van der Waals surface area contributed by atoms with E-state index in [2.05, 4.69) is 17.2 Å². The Morgan fingerprint density at radius 1 is 1.17 bits per heavy atom. The summed E-state index contributed by atoms with van der Waals surface area (Å²) in [5, 5.41) is 16.1. The molecule has 0 aliphatic carbocycles. The number of rotatable bonds is 6. The van der Waals surface area contributed by atoms with Crippen molar-refractivity contribution in [1.29, 1.82) is 0 Å². The lowest BCUT2D eigenvalue weighted by Crippen LogP contribution is -2.34. The fraction of sp³-hybridized carbons (Fsp3) is 0.667. The van der Waals surface area contributed by atoms with Crippen molar-refractivity contribution >= 4 is 32.4 Å². The summed E-state index contributed by atoms with van der Waals surface area (Å²) < 4.78 is 13.8. The van der Waals surface area contributed by atoms with Gasteiger partial charge in [0.05, 0.1) is 6.61 Å². The molecule has 0 radical (unpaired) electrons. The third kappa shape index (κ3) is 13.4. The van der Waals surface area contributed by atoms with Crippen LogP contribution in [0.1, 0.15) is 0 Å². The molecule has 0 aliphatic heterocycles. The zero-order chi connectivity index (χ0) is 14.9. The third-order valence-corrected chi connectivity index (χ3v) is 2.13. The van der Waals surface area contributed by atoms with Gasteiger partial charge in [-0.2, -0.15) is 12.6 Å². The standard InChI is InChI=1S/C3H8NO6P.C3H7NO2S/c4-2(3(5)6)1-10-11(7,8)9;4-2(1-7)3(5)6/h2H,1,4H2,(H,5,6)(H2,7,8,9);2,7H,1,4H2,(H,5,6). The van der Waals surface area contributed by atoms with Gasteiger partial charge in [0, 0.05) is 5.75 Å². The molecule has 0 saturated heterocycles. The largest absolute Gasteiger partial charge is 0.480 e. The monoisotopic (exact) mass is 306 g/mol. The van der Waals surface area contributed by atoms with E-state index in [0.29, 0.717) is 0 Å². The van der Waals surface area contributed by atoms with Gasteiger partial charge in [-0.15, -0.1) is 0 Å². The van der Waals surface area contributed by atoms with Crippen LogP contribution in [0.15, 0.2) is 0 Å². The minimum atomic E-state index is -4.60. The molecule has 0 heterocycles. The first-order valence-electron chi connectivity index (χ1n) is 4.29. The summed E-state index contributed by atoms with van der Waals surface area (Å²) in [5.41, 5.74) is 9.80. The van der Waals surface area contributed by atoms with E-state index < -0.39 is 38.5 Å². The number of thiol groups is 1. The summed E-state index contributed by atoms with van der Waals surface area (Å²) in [6.07, 6.45) is 0. The maximum Gasteiger partial charge on any atom is 0.469 e. The van der Waals surface area contributed by atoms with Crippen molar-refractivity contribution in [3.8, 4) is 0 Å². The average molecular weight is 306 g/mol. The second-order valence-electron chi connectivity index (χ2n) is 2.86. The molecule has 0 aliphatic rings. The van der Waals surface area contributed by atoms with Crippen LogP contribution in [0.3, 0.4) is 0 Å². The Kier molecular flexibility index (Phi) is 10.1. The van der Waals surface area contributed by atoms with Gasteiger partial charge in [-0.3, -0.25) is 14.1 Å². The van der Waals surface area contributed by atoms with E-state index in [1.165, 1.54) is 0 Å². The molecular formula is C6H15N2O8PS. The van der Waals surface area contributed by atoms with Crippen LogP contribution in [0.25, 0.3) is 0 Å². The van der Waals surface area contributed by atoms with Crippen LogP contribution in [0, 0.1) is 0 Å². The molecule has 108 valence electrons. The molecule has 0 saturated carbocycles. The number of hydrogen-bond acceptors (Lipinski definition) is 7. The van der Waals surface area contributed by atoms with Gasteiger partial charge in [0.15, 0.2) is 0 Å². The quantitative estimate of drug-likeness (QED) is 0.210. The Morgan fingerprint density at radius 3 is 1.72 bits per heavy atom. The lowest BCUT2D eigenvalue weighted by atomic mass is 10.3. The second-order valence-corrected chi connectivity index (χ2v) is 4.46. The van der Waals surface area contributed by atoms with E-state index in [9.17, 15) is 14.2 Å². The first-order valence-corrected chi connectivity index (χ1v) is 6.45. The Morgan fingerprint density at radius 2 is 1.56 bits per heavy atom. The van der Waals surface area contributed by atoms with Gasteiger partial charge in [0.1, 0.15) is 12.1 Å². The maximum atomic E-state index is 9.98. The summed E-state index contributed by atoms with van der Waals surface area (Å²) in [4.78, 5) is 35.9. The van der Waals surface area contributed by atoms with Crippen molar-refractivity contribution < 1.29 is 38.7 Å². The van der Waals surface area contributed by atoms with Crippen LogP contribution in [-0.4, -0.2) is 56.4 Å². The van der Waals surface area contributed by atoms with Crippen LogP contribution in [-0.2, 0) is 18.7 Å². The van der Waals surface area contributed by atoms with Crippen molar-refractivity contribution in [2.45, 2.75) is 12.1 Å². The summed E-state index contributed by atoms with van der Waals surface area (Å²) >= 11 is 3.65. The summed E-state index contributed by atoms with van der Waals surface area (Å²) in [5.74, 6) is -2.19.